The van der Waals surface area contributed by atoms with Crippen LogP contribution in [0.3, 0.4) is 0 Å². The van der Waals surface area contributed by atoms with Gasteiger partial charge in [-0.15, -0.1) is 0 Å². The molecule has 2 saturated heterocycles. The Balaban J connectivity index is 1.60. The summed E-state index contributed by atoms with van der Waals surface area (Å²) in [5.41, 5.74) is 1.13. The van der Waals surface area contributed by atoms with Gasteiger partial charge in [-0.1, -0.05) is 23.7 Å². The smallest absolute Gasteiger partial charge is 0.245 e. The first-order valence-corrected chi connectivity index (χ1v) is 7.51. The molecule has 0 saturated carbocycles. The normalized spacial score (nSPS) is 28.5. The summed E-state index contributed by atoms with van der Waals surface area (Å²) in [5, 5.41) is 6.86. The van der Waals surface area contributed by atoms with Crippen LogP contribution in [0.25, 0.3) is 0 Å². The van der Waals surface area contributed by atoms with Crippen LogP contribution in [-0.4, -0.2) is 41.4 Å². The maximum atomic E-state index is 12.1. The van der Waals surface area contributed by atoms with Crippen LogP contribution in [0.5, 0.6) is 0 Å². The summed E-state index contributed by atoms with van der Waals surface area (Å²) >= 11 is 5.86. The van der Waals surface area contributed by atoms with Gasteiger partial charge in [0.2, 0.25) is 11.8 Å². The molecule has 0 aromatic heterocycles. The number of hydrogen-bond donors (Lipinski definition) is 2. The lowest BCUT2D eigenvalue weighted by Crippen LogP contribution is -2.60. The summed E-state index contributed by atoms with van der Waals surface area (Å²) in [5.74, 6) is -0.0340. The number of carbonyl (C=O) groups excluding carboxylic acids is 2. The number of hydrogen-bond acceptors (Lipinski definition) is 3. The van der Waals surface area contributed by atoms with E-state index in [1.54, 1.807) is 11.8 Å². The highest BCUT2D eigenvalue weighted by Crippen LogP contribution is 2.23. The van der Waals surface area contributed by atoms with Gasteiger partial charge in [0.15, 0.2) is 0 Å². The van der Waals surface area contributed by atoms with Crippen molar-refractivity contribution >= 4 is 23.4 Å². The molecule has 2 aliphatic heterocycles. The van der Waals surface area contributed by atoms with Crippen molar-refractivity contribution in [3.05, 3.63) is 34.9 Å². The Bertz CT molecular complexity index is 561. The van der Waals surface area contributed by atoms with Gasteiger partial charge in [-0.3, -0.25) is 9.59 Å². The molecule has 112 valence electrons. The molecule has 21 heavy (non-hydrogen) atoms. The predicted octanol–water partition coefficient (Wildman–Crippen LogP) is 0.917. The van der Waals surface area contributed by atoms with Gasteiger partial charge in [-0.2, -0.15) is 0 Å². The Morgan fingerprint density at radius 3 is 2.76 bits per heavy atom. The van der Waals surface area contributed by atoms with Crippen molar-refractivity contribution in [3.8, 4) is 0 Å². The van der Waals surface area contributed by atoms with Crippen molar-refractivity contribution in [1.29, 1.82) is 0 Å². The number of rotatable bonds is 3. The van der Waals surface area contributed by atoms with E-state index < -0.39 is 6.04 Å². The third-order valence-corrected chi connectivity index (χ3v) is 4.38. The standard InChI is InChI=1S/C15H18ClN3O2/c1-9-15(21)19-8-12(6-13(19)14(20)18-9)17-7-10-2-4-11(16)5-3-10/h2-5,9,12-13,17H,6-8H2,1H3,(H,18,20)/t9-,12-,13-/m0/s1. The Kier molecular flexibility index (Phi) is 3.87. The zero-order chi connectivity index (χ0) is 15.0. The van der Waals surface area contributed by atoms with Gasteiger partial charge in [-0.25, -0.2) is 0 Å². The van der Waals surface area contributed by atoms with Crippen molar-refractivity contribution < 1.29 is 9.59 Å². The van der Waals surface area contributed by atoms with Crippen LogP contribution in [0.1, 0.15) is 18.9 Å². The van der Waals surface area contributed by atoms with E-state index in [2.05, 4.69) is 10.6 Å². The third-order valence-electron chi connectivity index (χ3n) is 4.12. The predicted molar refractivity (Wildman–Crippen MR) is 79.8 cm³/mol. The second-order valence-electron chi connectivity index (χ2n) is 5.68. The monoisotopic (exact) mass is 307 g/mol. The van der Waals surface area contributed by atoms with Crippen LogP contribution in [-0.2, 0) is 16.1 Å². The van der Waals surface area contributed by atoms with Gasteiger partial charge < -0.3 is 15.5 Å². The molecule has 1 aromatic rings. The number of benzene rings is 1. The maximum absolute atomic E-state index is 12.1. The number of carbonyl (C=O) groups is 2. The van der Waals surface area contributed by atoms with Crippen LogP contribution >= 0.6 is 11.6 Å². The zero-order valence-corrected chi connectivity index (χ0v) is 12.6. The first-order valence-electron chi connectivity index (χ1n) is 7.13. The molecule has 2 aliphatic rings. The molecule has 2 heterocycles. The molecule has 1 aromatic carbocycles. The summed E-state index contributed by atoms with van der Waals surface area (Å²) in [6, 6.07) is 7.06. The number of halogens is 1. The summed E-state index contributed by atoms with van der Waals surface area (Å²) < 4.78 is 0. The summed E-state index contributed by atoms with van der Waals surface area (Å²) in [4.78, 5) is 25.7. The second kappa shape index (κ2) is 5.66. The minimum atomic E-state index is -0.413. The fourth-order valence-electron chi connectivity index (χ4n) is 2.96. The number of nitrogens with zero attached hydrogens (tertiary/aromatic N) is 1. The van der Waals surface area contributed by atoms with Gasteiger partial charge in [0.25, 0.3) is 0 Å². The van der Waals surface area contributed by atoms with Crippen molar-refractivity contribution in [2.24, 2.45) is 0 Å². The third kappa shape index (κ3) is 2.89. The molecule has 0 unspecified atom stereocenters. The lowest BCUT2D eigenvalue weighted by molar-refractivity contribution is -0.146. The van der Waals surface area contributed by atoms with Crippen LogP contribution in [0.4, 0.5) is 0 Å². The quantitative estimate of drug-likeness (QED) is 0.873. The van der Waals surface area contributed by atoms with Gasteiger partial charge >= 0.3 is 0 Å². The molecule has 0 aliphatic carbocycles. The van der Waals surface area contributed by atoms with E-state index in [9.17, 15) is 9.59 Å². The summed E-state index contributed by atoms with van der Waals surface area (Å²) in [6.45, 7) is 3.02. The molecule has 2 fully saturated rings. The molecular weight excluding hydrogens is 290 g/mol. The molecule has 6 heteroatoms. The summed E-state index contributed by atoms with van der Waals surface area (Å²) in [7, 11) is 0. The van der Waals surface area contributed by atoms with Crippen molar-refractivity contribution in [2.45, 2.75) is 38.0 Å². The molecule has 0 spiro atoms. The molecule has 5 nitrogen and oxygen atoms in total. The fraction of sp³-hybridized carbons (Fsp3) is 0.467. The number of piperazine rings is 1. The van der Waals surface area contributed by atoms with Crippen molar-refractivity contribution in [1.82, 2.24) is 15.5 Å². The molecule has 3 atom stereocenters. The molecule has 3 rings (SSSR count). The Morgan fingerprint density at radius 1 is 1.33 bits per heavy atom. The van der Waals surface area contributed by atoms with E-state index in [0.29, 0.717) is 24.5 Å². The lowest BCUT2D eigenvalue weighted by atomic mass is 10.1. The highest BCUT2D eigenvalue weighted by atomic mass is 35.5. The van der Waals surface area contributed by atoms with Gasteiger partial charge in [0.1, 0.15) is 12.1 Å². The molecule has 0 bridgehead atoms. The average molecular weight is 308 g/mol. The van der Waals surface area contributed by atoms with Gasteiger partial charge in [0, 0.05) is 24.2 Å². The van der Waals surface area contributed by atoms with E-state index in [1.807, 2.05) is 24.3 Å². The molecular formula is C15H18ClN3O2. The Labute approximate surface area is 128 Å². The molecule has 2 amide bonds. The Hall–Kier alpha value is -1.59. The minimum Gasteiger partial charge on any atom is -0.343 e. The zero-order valence-electron chi connectivity index (χ0n) is 11.8. The van der Waals surface area contributed by atoms with Gasteiger partial charge in [-0.05, 0) is 31.0 Å². The highest BCUT2D eigenvalue weighted by molar-refractivity contribution is 6.30. The molecule has 2 N–H and O–H groups in total. The topological polar surface area (TPSA) is 61.4 Å². The lowest BCUT2D eigenvalue weighted by Gasteiger charge is -2.32. The SMILES string of the molecule is C[C@@H]1NC(=O)[C@@H]2C[C@H](NCc3ccc(Cl)cc3)CN2C1=O. The largest absolute Gasteiger partial charge is 0.343 e. The number of amides is 2. The van der Waals surface area contributed by atoms with Crippen molar-refractivity contribution in [2.75, 3.05) is 6.54 Å². The van der Waals surface area contributed by atoms with Gasteiger partial charge in [0.05, 0.1) is 0 Å². The van der Waals surface area contributed by atoms with Crippen LogP contribution < -0.4 is 10.6 Å². The van der Waals surface area contributed by atoms with Crippen LogP contribution in [0.2, 0.25) is 5.02 Å². The number of nitrogens with one attached hydrogen (secondary N) is 2. The van der Waals surface area contributed by atoms with Crippen LogP contribution in [0.15, 0.2) is 24.3 Å². The van der Waals surface area contributed by atoms with E-state index >= 15 is 0 Å². The second-order valence-corrected chi connectivity index (χ2v) is 6.11. The first-order chi connectivity index (χ1) is 10.0. The van der Waals surface area contributed by atoms with Crippen molar-refractivity contribution in [3.63, 3.8) is 0 Å². The molecule has 0 radical (unpaired) electrons. The Morgan fingerprint density at radius 2 is 2.05 bits per heavy atom. The fourth-order valence-corrected chi connectivity index (χ4v) is 3.09. The summed E-state index contributed by atoms with van der Waals surface area (Å²) in [6.07, 6.45) is 0.665. The highest BCUT2D eigenvalue weighted by Gasteiger charge is 2.44. The van der Waals surface area contributed by atoms with E-state index in [-0.39, 0.29) is 23.9 Å². The van der Waals surface area contributed by atoms with Crippen LogP contribution in [0, 0.1) is 0 Å². The average Bonchev–Trinajstić information content (AvgIpc) is 2.89. The van der Waals surface area contributed by atoms with E-state index in [4.69, 9.17) is 11.6 Å². The number of fused-ring (bicyclic) bond motifs is 1. The minimum absolute atomic E-state index is 0.00962. The first kappa shape index (κ1) is 14.4. The van der Waals surface area contributed by atoms with E-state index in [0.717, 1.165) is 5.56 Å². The maximum Gasteiger partial charge on any atom is 0.245 e. The van der Waals surface area contributed by atoms with E-state index in [1.165, 1.54) is 0 Å².